The van der Waals surface area contributed by atoms with Crippen LogP contribution in [0.5, 0.6) is 0 Å². The summed E-state index contributed by atoms with van der Waals surface area (Å²) in [4.78, 5) is 12.3. The summed E-state index contributed by atoms with van der Waals surface area (Å²) in [6, 6.07) is 1.55. The number of thioether (sulfide) groups is 1. The lowest BCUT2D eigenvalue weighted by Gasteiger charge is -2.45. The standard InChI is InChI=1S/C24H52N3O3PS/c1-12-24(13-2,14-3)25-23(28)32-17-15-16-29-18-30-31(26(19(4)5)20(6)7)27(21(8)9)22(10)11/h19-22H,12-18H2,1-11H3,(H,25,28). The maximum atomic E-state index is 12.3. The quantitative estimate of drug-likeness (QED) is 0.131. The van der Waals surface area contributed by atoms with E-state index in [9.17, 15) is 4.79 Å². The molecule has 0 aliphatic rings. The van der Waals surface area contributed by atoms with E-state index in [0.717, 1.165) is 31.4 Å². The predicted octanol–water partition coefficient (Wildman–Crippen LogP) is 7.24. The molecule has 6 nitrogen and oxygen atoms in total. The summed E-state index contributed by atoms with van der Waals surface area (Å²) >= 11 is 1.36. The summed E-state index contributed by atoms with van der Waals surface area (Å²) in [6.07, 6.45) is 3.71. The minimum Gasteiger partial charge on any atom is -0.355 e. The van der Waals surface area contributed by atoms with E-state index in [1.165, 1.54) is 11.8 Å². The number of carbonyl (C=O) groups excluding carboxylic acids is 1. The number of nitrogens with zero attached hydrogens (tertiary/aromatic N) is 2. The molecule has 1 amide bonds. The van der Waals surface area contributed by atoms with Crippen molar-refractivity contribution in [3.05, 3.63) is 0 Å². The Morgan fingerprint density at radius 3 is 1.69 bits per heavy atom. The van der Waals surface area contributed by atoms with Crippen LogP contribution in [0, 0.1) is 0 Å². The summed E-state index contributed by atoms with van der Waals surface area (Å²) < 4.78 is 17.1. The first-order valence-electron chi connectivity index (χ1n) is 12.5. The van der Waals surface area contributed by atoms with Crippen LogP contribution in [0.25, 0.3) is 0 Å². The van der Waals surface area contributed by atoms with Crippen molar-refractivity contribution < 1.29 is 14.1 Å². The minimum atomic E-state index is -0.930. The Hall–Kier alpha value is 0.0900. The highest BCUT2D eigenvalue weighted by Crippen LogP contribution is 2.50. The zero-order valence-electron chi connectivity index (χ0n) is 22.7. The van der Waals surface area contributed by atoms with E-state index in [4.69, 9.17) is 9.26 Å². The number of ether oxygens (including phenoxy) is 1. The fourth-order valence-corrected chi connectivity index (χ4v) is 6.96. The van der Waals surface area contributed by atoms with Crippen LogP contribution in [-0.2, 0) is 9.26 Å². The molecule has 0 spiro atoms. The van der Waals surface area contributed by atoms with Gasteiger partial charge in [-0.3, -0.25) is 4.79 Å². The molecule has 0 unspecified atom stereocenters. The number of carbonyl (C=O) groups is 1. The van der Waals surface area contributed by atoms with Gasteiger partial charge in [-0.1, -0.05) is 32.5 Å². The Bertz CT molecular complexity index is 459. The molecule has 0 bridgehead atoms. The molecule has 0 saturated heterocycles. The van der Waals surface area contributed by atoms with Crippen LogP contribution >= 0.6 is 20.2 Å². The normalized spacial score (nSPS) is 13.1. The van der Waals surface area contributed by atoms with E-state index in [0.29, 0.717) is 30.8 Å². The Morgan fingerprint density at radius 1 is 0.875 bits per heavy atom. The maximum absolute atomic E-state index is 12.3. The summed E-state index contributed by atoms with van der Waals surface area (Å²) in [7, 11) is -0.930. The first-order chi connectivity index (χ1) is 15.0. The third-order valence-corrected chi connectivity index (χ3v) is 9.66. The largest absolute Gasteiger partial charge is 0.355 e. The van der Waals surface area contributed by atoms with Gasteiger partial charge < -0.3 is 14.6 Å². The molecule has 8 heteroatoms. The van der Waals surface area contributed by atoms with Crippen LogP contribution in [0.4, 0.5) is 4.79 Å². The van der Waals surface area contributed by atoms with Gasteiger partial charge in [-0.05, 0) is 81.1 Å². The van der Waals surface area contributed by atoms with Crippen molar-refractivity contribution >= 4 is 25.5 Å². The lowest BCUT2D eigenvalue weighted by Crippen LogP contribution is -2.45. The summed E-state index contributed by atoms with van der Waals surface area (Å²) in [6.45, 7) is 25.1. The highest BCUT2D eigenvalue weighted by molar-refractivity contribution is 8.13. The molecule has 0 fully saturated rings. The first-order valence-corrected chi connectivity index (χ1v) is 14.6. The van der Waals surface area contributed by atoms with Crippen molar-refractivity contribution in [1.29, 1.82) is 0 Å². The fraction of sp³-hybridized carbons (Fsp3) is 0.958. The zero-order valence-corrected chi connectivity index (χ0v) is 24.4. The number of nitrogens with one attached hydrogen (secondary N) is 1. The molecule has 192 valence electrons. The van der Waals surface area contributed by atoms with E-state index in [1.54, 1.807) is 0 Å². The molecule has 0 radical (unpaired) electrons. The van der Waals surface area contributed by atoms with Crippen LogP contribution in [-0.4, -0.2) is 63.4 Å². The van der Waals surface area contributed by atoms with E-state index >= 15 is 0 Å². The lowest BCUT2D eigenvalue weighted by atomic mass is 9.90. The Morgan fingerprint density at radius 2 is 1.31 bits per heavy atom. The second-order valence-electron chi connectivity index (χ2n) is 9.50. The molecular formula is C24H52N3O3PS. The van der Waals surface area contributed by atoms with Crippen LogP contribution in [0.2, 0.25) is 0 Å². The van der Waals surface area contributed by atoms with Crippen molar-refractivity contribution in [2.75, 3.05) is 19.2 Å². The average Bonchev–Trinajstić information content (AvgIpc) is 2.70. The molecule has 0 aromatic heterocycles. The van der Waals surface area contributed by atoms with Crippen molar-refractivity contribution in [2.24, 2.45) is 0 Å². The van der Waals surface area contributed by atoms with Crippen molar-refractivity contribution in [1.82, 2.24) is 14.7 Å². The highest BCUT2D eigenvalue weighted by atomic mass is 32.2. The number of hydrogen-bond acceptors (Lipinski definition) is 6. The first kappa shape index (κ1) is 32.1. The molecule has 32 heavy (non-hydrogen) atoms. The summed E-state index contributed by atoms with van der Waals surface area (Å²) in [5, 5.41) is 3.29. The van der Waals surface area contributed by atoms with Crippen LogP contribution in [0.1, 0.15) is 102 Å². The number of rotatable bonds is 17. The van der Waals surface area contributed by atoms with Gasteiger partial charge in [-0.25, -0.2) is 9.34 Å². The Labute approximate surface area is 204 Å². The second kappa shape index (κ2) is 16.7. The van der Waals surface area contributed by atoms with E-state index < -0.39 is 8.45 Å². The van der Waals surface area contributed by atoms with Gasteiger partial charge in [0.25, 0.3) is 5.24 Å². The van der Waals surface area contributed by atoms with Gasteiger partial charge in [0.05, 0.1) is 6.61 Å². The minimum absolute atomic E-state index is 0.0665. The van der Waals surface area contributed by atoms with Crippen LogP contribution in [0.3, 0.4) is 0 Å². The van der Waals surface area contributed by atoms with Gasteiger partial charge in [0.1, 0.15) is 0 Å². The molecule has 0 heterocycles. The van der Waals surface area contributed by atoms with Crippen molar-refractivity contribution in [3.63, 3.8) is 0 Å². The monoisotopic (exact) mass is 493 g/mol. The third kappa shape index (κ3) is 11.0. The van der Waals surface area contributed by atoms with Gasteiger partial charge in [-0.15, -0.1) is 0 Å². The van der Waals surface area contributed by atoms with Crippen molar-refractivity contribution in [2.45, 2.75) is 132 Å². The number of hydrogen-bond donors (Lipinski definition) is 1. The second-order valence-corrected chi connectivity index (χ2v) is 12.3. The lowest BCUT2D eigenvalue weighted by molar-refractivity contribution is 0.00844. The highest BCUT2D eigenvalue weighted by Gasteiger charge is 2.34. The smallest absolute Gasteiger partial charge is 0.279 e. The molecule has 0 saturated carbocycles. The summed E-state index contributed by atoms with van der Waals surface area (Å²) in [5.74, 6) is 0.752. The fourth-order valence-electron chi connectivity index (χ4n) is 3.97. The van der Waals surface area contributed by atoms with E-state index in [2.05, 4.69) is 90.8 Å². The average molecular weight is 494 g/mol. The predicted molar refractivity (Wildman–Crippen MR) is 142 cm³/mol. The topological polar surface area (TPSA) is 54.0 Å². The van der Waals surface area contributed by atoms with Crippen LogP contribution in [0.15, 0.2) is 0 Å². The molecule has 0 atom stereocenters. The molecule has 0 aromatic rings. The molecule has 0 aliphatic carbocycles. The zero-order chi connectivity index (χ0) is 24.9. The molecule has 0 rings (SSSR count). The Kier molecular flexibility index (Phi) is 16.7. The Balaban J connectivity index is 4.62. The third-order valence-electron chi connectivity index (χ3n) is 5.83. The molecule has 0 aromatic carbocycles. The summed E-state index contributed by atoms with van der Waals surface area (Å²) in [5.41, 5.74) is -0.0665. The maximum Gasteiger partial charge on any atom is 0.279 e. The number of amides is 1. The molecular weight excluding hydrogens is 441 g/mol. The van der Waals surface area contributed by atoms with Gasteiger partial charge in [0.2, 0.25) is 0 Å². The molecule has 0 aliphatic heterocycles. The molecule has 1 N–H and O–H groups in total. The van der Waals surface area contributed by atoms with Crippen molar-refractivity contribution in [3.8, 4) is 0 Å². The van der Waals surface area contributed by atoms with E-state index in [-0.39, 0.29) is 17.6 Å². The van der Waals surface area contributed by atoms with Crippen LogP contribution < -0.4 is 5.32 Å². The van der Waals surface area contributed by atoms with Gasteiger partial charge in [-0.2, -0.15) is 0 Å². The SMILES string of the molecule is CCC(CC)(CC)NC(=O)SCCCOCOP(N(C(C)C)C(C)C)N(C(C)C)C(C)C. The van der Waals surface area contributed by atoms with Gasteiger partial charge in [0.15, 0.2) is 15.2 Å². The van der Waals surface area contributed by atoms with Gasteiger partial charge >= 0.3 is 0 Å². The van der Waals surface area contributed by atoms with Gasteiger partial charge in [0, 0.05) is 35.5 Å². The van der Waals surface area contributed by atoms with E-state index in [1.807, 2.05) is 0 Å².